The standard InChI is InChI=1S/C24H29NO3/c1-25(2)16-21-11-10-18(14-23(21)19-7-5-9-22(26)15-19)12-17-6-4-8-20(13-17)24(27)28-3/h4-9,12-13,15,21,23,26H,10-11,14,16H2,1-3H3/t21-,23+/m1/s1. The largest absolute Gasteiger partial charge is 0.508 e. The van der Waals surface area contributed by atoms with Crippen molar-refractivity contribution < 1.29 is 14.6 Å². The number of hydrogen-bond donors (Lipinski definition) is 1. The van der Waals surface area contributed by atoms with Crippen LogP contribution in [0, 0.1) is 5.92 Å². The van der Waals surface area contributed by atoms with Crippen molar-refractivity contribution in [2.75, 3.05) is 27.7 Å². The number of benzene rings is 2. The summed E-state index contributed by atoms with van der Waals surface area (Å²) in [6.45, 7) is 1.03. The van der Waals surface area contributed by atoms with Crippen LogP contribution in [0.2, 0.25) is 0 Å². The molecule has 4 nitrogen and oxygen atoms in total. The minimum Gasteiger partial charge on any atom is -0.508 e. The Hall–Kier alpha value is -2.59. The molecule has 0 amide bonds. The molecule has 28 heavy (non-hydrogen) atoms. The van der Waals surface area contributed by atoms with Crippen LogP contribution in [0.25, 0.3) is 6.08 Å². The van der Waals surface area contributed by atoms with E-state index >= 15 is 0 Å². The summed E-state index contributed by atoms with van der Waals surface area (Å²) in [5, 5.41) is 9.95. The summed E-state index contributed by atoms with van der Waals surface area (Å²) in [7, 11) is 5.63. The summed E-state index contributed by atoms with van der Waals surface area (Å²) in [4.78, 5) is 14.0. The van der Waals surface area contributed by atoms with Crippen molar-refractivity contribution >= 4 is 12.0 Å². The molecular formula is C24H29NO3. The summed E-state index contributed by atoms with van der Waals surface area (Å²) in [5.74, 6) is 0.934. The normalized spacial score (nSPS) is 21.1. The van der Waals surface area contributed by atoms with Gasteiger partial charge in [-0.2, -0.15) is 0 Å². The van der Waals surface area contributed by atoms with E-state index < -0.39 is 0 Å². The predicted molar refractivity (Wildman–Crippen MR) is 113 cm³/mol. The molecule has 0 spiro atoms. The molecule has 0 aromatic heterocycles. The first-order valence-electron chi connectivity index (χ1n) is 9.77. The highest BCUT2D eigenvalue weighted by Gasteiger charge is 2.29. The molecular weight excluding hydrogens is 350 g/mol. The Kier molecular flexibility index (Phi) is 6.53. The lowest BCUT2D eigenvalue weighted by molar-refractivity contribution is 0.0600. The molecule has 2 aromatic carbocycles. The molecule has 2 atom stereocenters. The van der Waals surface area contributed by atoms with E-state index in [1.807, 2.05) is 30.3 Å². The number of methoxy groups -OCH3 is 1. The zero-order valence-corrected chi connectivity index (χ0v) is 16.9. The predicted octanol–water partition coefficient (Wildman–Crippen LogP) is 4.71. The second-order valence-electron chi connectivity index (χ2n) is 7.89. The smallest absolute Gasteiger partial charge is 0.337 e. The van der Waals surface area contributed by atoms with E-state index in [4.69, 9.17) is 4.74 Å². The third-order valence-corrected chi connectivity index (χ3v) is 5.46. The second-order valence-corrected chi connectivity index (χ2v) is 7.89. The second kappa shape index (κ2) is 9.07. The number of aromatic hydroxyl groups is 1. The molecule has 1 aliphatic carbocycles. The molecule has 1 saturated carbocycles. The number of carbonyl (C=O) groups is 1. The van der Waals surface area contributed by atoms with Gasteiger partial charge in [0, 0.05) is 6.54 Å². The lowest BCUT2D eigenvalue weighted by Gasteiger charge is -2.35. The van der Waals surface area contributed by atoms with Crippen LogP contribution in [-0.2, 0) is 4.74 Å². The average molecular weight is 380 g/mol. The Labute approximate surface area is 167 Å². The molecule has 0 saturated heterocycles. The van der Waals surface area contributed by atoms with Gasteiger partial charge in [-0.05, 0) is 80.6 Å². The number of rotatable bonds is 5. The van der Waals surface area contributed by atoms with Gasteiger partial charge in [0.25, 0.3) is 0 Å². The van der Waals surface area contributed by atoms with Gasteiger partial charge >= 0.3 is 5.97 Å². The van der Waals surface area contributed by atoms with E-state index in [0.717, 1.165) is 31.4 Å². The first-order valence-corrected chi connectivity index (χ1v) is 9.77. The number of phenols is 1. The maximum absolute atomic E-state index is 11.8. The van der Waals surface area contributed by atoms with Gasteiger partial charge in [0.2, 0.25) is 0 Å². The number of ether oxygens (including phenoxy) is 1. The topological polar surface area (TPSA) is 49.8 Å². The third kappa shape index (κ3) is 5.02. The van der Waals surface area contributed by atoms with Crippen LogP contribution in [0.15, 0.2) is 54.1 Å². The first kappa shape index (κ1) is 20.2. The summed E-state index contributed by atoms with van der Waals surface area (Å²) in [5.41, 5.74) is 4.17. The summed E-state index contributed by atoms with van der Waals surface area (Å²) < 4.78 is 4.83. The van der Waals surface area contributed by atoms with Crippen molar-refractivity contribution in [1.29, 1.82) is 0 Å². The zero-order valence-electron chi connectivity index (χ0n) is 16.9. The van der Waals surface area contributed by atoms with E-state index in [2.05, 4.69) is 31.1 Å². The number of phenolic OH excluding ortho intramolecular Hbond substituents is 1. The van der Waals surface area contributed by atoms with Gasteiger partial charge in [-0.3, -0.25) is 0 Å². The molecule has 1 N–H and O–H groups in total. The highest BCUT2D eigenvalue weighted by atomic mass is 16.5. The molecule has 0 bridgehead atoms. The lowest BCUT2D eigenvalue weighted by Crippen LogP contribution is -2.29. The highest BCUT2D eigenvalue weighted by molar-refractivity contribution is 5.90. The van der Waals surface area contributed by atoms with Crippen LogP contribution in [0.5, 0.6) is 5.75 Å². The molecule has 1 fully saturated rings. The minimum atomic E-state index is -0.312. The van der Waals surface area contributed by atoms with Crippen molar-refractivity contribution in [1.82, 2.24) is 4.90 Å². The molecule has 0 heterocycles. The van der Waals surface area contributed by atoms with Crippen LogP contribution in [-0.4, -0.2) is 43.7 Å². The van der Waals surface area contributed by atoms with Crippen LogP contribution in [0.3, 0.4) is 0 Å². The first-order chi connectivity index (χ1) is 13.5. The summed E-state index contributed by atoms with van der Waals surface area (Å²) in [6, 6.07) is 15.2. The Balaban J connectivity index is 1.86. The number of allylic oxidation sites excluding steroid dienone is 1. The van der Waals surface area contributed by atoms with E-state index in [0.29, 0.717) is 23.1 Å². The van der Waals surface area contributed by atoms with Crippen LogP contribution >= 0.6 is 0 Å². The van der Waals surface area contributed by atoms with E-state index in [1.54, 1.807) is 12.1 Å². The Bertz CT molecular complexity index is 856. The number of nitrogens with zero attached hydrogens (tertiary/aromatic N) is 1. The summed E-state index contributed by atoms with van der Waals surface area (Å²) in [6.07, 6.45) is 5.33. The van der Waals surface area contributed by atoms with Gasteiger partial charge in [-0.25, -0.2) is 4.79 Å². The average Bonchev–Trinajstić information content (AvgIpc) is 2.68. The van der Waals surface area contributed by atoms with Gasteiger partial charge in [0.05, 0.1) is 12.7 Å². The van der Waals surface area contributed by atoms with Crippen molar-refractivity contribution in [3.8, 4) is 5.75 Å². The van der Waals surface area contributed by atoms with Crippen LogP contribution in [0.4, 0.5) is 0 Å². The quantitative estimate of drug-likeness (QED) is 0.765. The van der Waals surface area contributed by atoms with Crippen molar-refractivity contribution in [3.05, 3.63) is 70.8 Å². The van der Waals surface area contributed by atoms with Gasteiger partial charge in [-0.15, -0.1) is 0 Å². The number of carbonyl (C=O) groups excluding carboxylic acids is 1. The maximum atomic E-state index is 11.8. The monoisotopic (exact) mass is 379 g/mol. The number of hydrogen-bond acceptors (Lipinski definition) is 4. The molecule has 0 radical (unpaired) electrons. The SMILES string of the molecule is COC(=O)c1cccc(C=C2CC[C@H](CN(C)C)[C@H](c3cccc(O)c3)C2)c1. The van der Waals surface area contributed by atoms with Crippen LogP contribution in [0.1, 0.15) is 46.7 Å². The Morgan fingerprint density at radius 3 is 2.71 bits per heavy atom. The molecule has 4 heteroatoms. The minimum absolute atomic E-state index is 0.312. The highest BCUT2D eigenvalue weighted by Crippen LogP contribution is 2.42. The van der Waals surface area contributed by atoms with Crippen molar-refractivity contribution in [2.45, 2.75) is 25.2 Å². The van der Waals surface area contributed by atoms with Crippen molar-refractivity contribution in [3.63, 3.8) is 0 Å². The zero-order chi connectivity index (χ0) is 20.1. The molecule has 3 rings (SSSR count). The molecule has 2 aromatic rings. The maximum Gasteiger partial charge on any atom is 0.337 e. The third-order valence-electron chi connectivity index (χ3n) is 5.46. The fourth-order valence-corrected chi connectivity index (χ4v) is 4.20. The van der Waals surface area contributed by atoms with E-state index in [1.165, 1.54) is 18.2 Å². The fourth-order valence-electron chi connectivity index (χ4n) is 4.20. The Morgan fingerprint density at radius 1 is 1.21 bits per heavy atom. The van der Waals surface area contributed by atoms with Gasteiger partial charge in [-0.1, -0.05) is 35.9 Å². The van der Waals surface area contributed by atoms with Crippen LogP contribution < -0.4 is 0 Å². The van der Waals surface area contributed by atoms with E-state index in [-0.39, 0.29) is 5.97 Å². The molecule has 0 unspecified atom stereocenters. The van der Waals surface area contributed by atoms with Gasteiger partial charge in [0.15, 0.2) is 0 Å². The number of esters is 1. The van der Waals surface area contributed by atoms with Gasteiger partial charge in [0.1, 0.15) is 5.75 Å². The molecule has 1 aliphatic rings. The lowest BCUT2D eigenvalue weighted by atomic mass is 9.73. The Morgan fingerprint density at radius 2 is 2.00 bits per heavy atom. The molecule has 0 aliphatic heterocycles. The van der Waals surface area contributed by atoms with Gasteiger partial charge < -0.3 is 14.7 Å². The van der Waals surface area contributed by atoms with E-state index in [9.17, 15) is 9.90 Å². The van der Waals surface area contributed by atoms with Crippen molar-refractivity contribution in [2.24, 2.45) is 5.92 Å². The summed E-state index contributed by atoms with van der Waals surface area (Å²) >= 11 is 0. The fraction of sp³-hybridized carbons (Fsp3) is 0.375. The molecule has 148 valence electrons.